The lowest BCUT2D eigenvalue weighted by molar-refractivity contribution is -0.134. The summed E-state index contributed by atoms with van der Waals surface area (Å²) in [5, 5.41) is 3.96. The van der Waals surface area contributed by atoms with Gasteiger partial charge in [-0.25, -0.2) is 4.79 Å². The van der Waals surface area contributed by atoms with Crippen LogP contribution >= 0.6 is 0 Å². The molecule has 1 aromatic carbocycles. The highest BCUT2D eigenvalue weighted by Gasteiger charge is 2.30. The van der Waals surface area contributed by atoms with Crippen molar-refractivity contribution in [3.05, 3.63) is 34.6 Å². The fraction of sp³-hybridized carbons (Fsp3) is 0.583. The Morgan fingerprint density at radius 1 is 1.18 bits per heavy atom. The number of rotatable bonds is 4. The molecule has 5 rings (SSSR count). The number of aromatic nitrogens is 4. The predicted octanol–water partition coefficient (Wildman–Crippen LogP) is 2.97. The molecule has 0 atom stereocenters. The Morgan fingerprint density at radius 2 is 1.91 bits per heavy atom. The van der Waals surface area contributed by atoms with Crippen LogP contribution in [0.1, 0.15) is 51.5 Å². The van der Waals surface area contributed by atoms with E-state index < -0.39 is 0 Å². The first-order valence-corrected chi connectivity index (χ1v) is 11.8. The molecule has 3 aromatic rings. The fourth-order valence-electron chi connectivity index (χ4n) is 5.04. The van der Waals surface area contributed by atoms with Gasteiger partial charge in [0.2, 0.25) is 17.6 Å². The number of piperidine rings is 2. The van der Waals surface area contributed by atoms with Crippen molar-refractivity contribution >= 4 is 16.9 Å². The number of likely N-dealkylation sites (tertiary alicyclic amines) is 2. The zero-order valence-corrected chi connectivity index (χ0v) is 19.6. The van der Waals surface area contributed by atoms with Gasteiger partial charge in [-0.05, 0) is 49.3 Å². The van der Waals surface area contributed by atoms with E-state index in [1.807, 2.05) is 27.7 Å². The van der Waals surface area contributed by atoms with Crippen LogP contribution in [-0.2, 0) is 4.79 Å². The molecule has 1 N–H and O–H groups in total. The molecule has 33 heavy (non-hydrogen) atoms. The quantitative estimate of drug-likeness (QED) is 0.653. The van der Waals surface area contributed by atoms with Gasteiger partial charge in [0.25, 0.3) is 0 Å². The van der Waals surface area contributed by atoms with E-state index in [1.165, 1.54) is 0 Å². The summed E-state index contributed by atoms with van der Waals surface area (Å²) in [6, 6.07) is 5.88. The summed E-state index contributed by atoms with van der Waals surface area (Å²) in [6.07, 6.45) is 3.83. The van der Waals surface area contributed by atoms with Gasteiger partial charge in [-0.2, -0.15) is 4.98 Å². The number of fused-ring (bicyclic) bond motifs is 1. The van der Waals surface area contributed by atoms with Gasteiger partial charge < -0.3 is 14.4 Å². The second-order valence-electron chi connectivity index (χ2n) is 10.2. The second-order valence-corrected chi connectivity index (χ2v) is 10.2. The van der Waals surface area contributed by atoms with Gasteiger partial charge in [-0.15, -0.1) is 0 Å². The zero-order chi connectivity index (χ0) is 23.2. The largest absolute Gasteiger partial charge is 0.342 e. The van der Waals surface area contributed by atoms with Crippen LogP contribution in [0.4, 0.5) is 0 Å². The van der Waals surface area contributed by atoms with Crippen molar-refractivity contribution in [1.29, 1.82) is 0 Å². The second kappa shape index (κ2) is 8.44. The highest BCUT2D eigenvalue weighted by molar-refractivity contribution is 5.81. The third-order valence-electron chi connectivity index (χ3n) is 7.25. The number of H-pyrrole nitrogens is 1. The minimum Gasteiger partial charge on any atom is -0.342 e. The van der Waals surface area contributed by atoms with Gasteiger partial charge in [0, 0.05) is 44.7 Å². The molecule has 1 amide bonds. The van der Waals surface area contributed by atoms with Crippen LogP contribution in [-0.4, -0.2) is 68.1 Å². The number of carbonyl (C=O) groups is 1. The normalized spacial score (nSPS) is 19.9. The number of benzene rings is 1. The van der Waals surface area contributed by atoms with E-state index in [2.05, 4.69) is 33.9 Å². The highest BCUT2D eigenvalue weighted by Crippen LogP contribution is 2.30. The minimum atomic E-state index is -0.100. The van der Waals surface area contributed by atoms with Crippen molar-refractivity contribution in [2.45, 2.75) is 52.5 Å². The topological polar surface area (TPSA) is 100 Å². The van der Waals surface area contributed by atoms with E-state index in [1.54, 1.807) is 6.92 Å². The molecule has 4 heterocycles. The summed E-state index contributed by atoms with van der Waals surface area (Å²) in [7, 11) is 0. The third-order valence-corrected chi connectivity index (χ3v) is 7.25. The molecule has 0 aliphatic carbocycles. The fourth-order valence-corrected chi connectivity index (χ4v) is 5.04. The number of amides is 1. The number of hydrogen-bond donors (Lipinski definition) is 1. The van der Waals surface area contributed by atoms with Crippen molar-refractivity contribution in [2.75, 3.05) is 32.7 Å². The van der Waals surface area contributed by atoms with Gasteiger partial charge in [0.15, 0.2) is 0 Å². The first-order valence-electron chi connectivity index (χ1n) is 11.8. The van der Waals surface area contributed by atoms with Crippen LogP contribution < -0.4 is 5.69 Å². The summed E-state index contributed by atoms with van der Waals surface area (Å²) in [5.74, 6) is 1.25. The van der Waals surface area contributed by atoms with E-state index in [0.717, 1.165) is 68.5 Å². The van der Waals surface area contributed by atoms with Crippen LogP contribution in [0.2, 0.25) is 0 Å². The Bertz CT molecular complexity index is 1200. The number of hydrogen-bond acceptors (Lipinski definition) is 6. The number of carbonyl (C=O) groups excluding carboxylic acids is 1. The molecule has 176 valence electrons. The Morgan fingerprint density at radius 3 is 2.58 bits per heavy atom. The lowest BCUT2D eigenvalue weighted by Crippen LogP contribution is -2.47. The molecule has 0 spiro atoms. The van der Waals surface area contributed by atoms with E-state index >= 15 is 0 Å². The summed E-state index contributed by atoms with van der Waals surface area (Å²) >= 11 is 0. The zero-order valence-electron chi connectivity index (χ0n) is 19.6. The average molecular weight is 453 g/mol. The summed E-state index contributed by atoms with van der Waals surface area (Å²) < 4.78 is 6.94. The molecule has 2 aliphatic heterocycles. The maximum absolute atomic E-state index is 12.8. The van der Waals surface area contributed by atoms with Crippen molar-refractivity contribution in [2.24, 2.45) is 5.41 Å². The summed E-state index contributed by atoms with van der Waals surface area (Å²) in [5.41, 5.74) is 2.70. The van der Waals surface area contributed by atoms with E-state index in [-0.39, 0.29) is 17.6 Å². The van der Waals surface area contributed by atoms with Crippen LogP contribution in [0.15, 0.2) is 27.5 Å². The Balaban J connectivity index is 1.23. The monoisotopic (exact) mass is 452 g/mol. The molecule has 0 bridgehead atoms. The average Bonchev–Trinajstić information content (AvgIpc) is 3.36. The number of nitrogens with zero attached hydrogens (tertiary/aromatic N) is 5. The van der Waals surface area contributed by atoms with Crippen molar-refractivity contribution in [1.82, 2.24) is 29.5 Å². The van der Waals surface area contributed by atoms with E-state index in [9.17, 15) is 9.59 Å². The van der Waals surface area contributed by atoms with Crippen molar-refractivity contribution < 1.29 is 9.32 Å². The Labute approximate surface area is 192 Å². The maximum atomic E-state index is 12.8. The number of imidazole rings is 1. The first kappa shape index (κ1) is 21.9. The minimum absolute atomic E-state index is 0.100. The van der Waals surface area contributed by atoms with E-state index in [0.29, 0.717) is 23.7 Å². The van der Waals surface area contributed by atoms with Crippen LogP contribution in [0, 0.1) is 12.3 Å². The first-order chi connectivity index (χ1) is 15.8. The molecule has 2 saturated heterocycles. The molecule has 2 fully saturated rings. The summed E-state index contributed by atoms with van der Waals surface area (Å²) in [6.45, 7) is 10.1. The molecule has 0 radical (unpaired) electrons. The number of aryl methyl sites for hydroxylation is 1. The Hall–Kier alpha value is -2.94. The molecule has 9 heteroatoms. The van der Waals surface area contributed by atoms with Gasteiger partial charge >= 0.3 is 5.69 Å². The number of nitrogens with one attached hydrogen (secondary N) is 1. The SMILES string of the molecule is Cc1nc(-c2ccc3c(c2)[nH]c(=O)n3C2CCN(CC(=O)N3CCC(C)(C)CC3)CC2)no1. The molecule has 0 saturated carbocycles. The van der Waals surface area contributed by atoms with Gasteiger partial charge in [0.05, 0.1) is 17.6 Å². The van der Waals surface area contributed by atoms with Gasteiger partial charge in [0.1, 0.15) is 0 Å². The predicted molar refractivity (Wildman–Crippen MR) is 125 cm³/mol. The van der Waals surface area contributed by atoms with Gasteiger partial charge in [-0.3, -0.25) is 14.3 Å². The standard InChI is InChI=1S/C24H32N6O3/c1-16-25-22(27-33-16)17-4-5-20-19(14-17)26-23(32)30(20)18-6-10-28(11-7-18)15-21(31)29-12-8-24(2,3)9-13-29/h4-5,14,18H,6-13,15H2,1-3H3,(H,26,32). The molecular weight excluding hydrogens is 420 g/mol. The molecule has 9 nitrogen and oxygen atoms in total. The smallest absolute Gasteiger partial charge is 0.326 e. The molecule has 2 aromatic heterocycles. The van der Waals surface area contributed by atoms with Crippen LogP contribution in [0.5, 0.6) is 0 Å². The number of aromatic amines is 1. The Kier molecular flexibility index (Phi) is 5.60. The van der Waals surface area contributed by atoms with Crippen LogP contribution in [0.3, 0.4) is 0 Å². The van der Waals surface area contributed by atoms with E-state index in [4.69, 9.17) is 4.52 Å². The maximum Gasteiger partial charge on any atom is 0.326 e. The lowest BCUT2D eigenvalue weighted by atomic mass is 9.82. The molecular formula is C24H32N6O3. The molecule has 2 aliphatic rings. The molecule has 0 unspecified atom stereocenters. The highest BCUT2D eigenvalue weighted by atomic mass is 16.5. The van der Waals surface area contributed by atoms with Crippen LogP contribution in [0.25, 0.3) is 22.4 Å². The van der Waals surface area contributed by atoms with Gasteiger partial charge in [-0.1, -0.05) is 19.0 Å². The lowest BCUT2D eigenvalue weighted by Gasteiger charge is -2.38. The van der Waals surface area contributed by atoms with Crippen molar-refractivity contribution in [3.63, 3.8) is 0 Å². The summed E-state index contributed by atoms with van der Waals surface area (Å²) in [4.78, 5) is 37.1. The third kappa shape index (κ3) is 4.46. The van der Waals surface area contributed by atoms with Crippen molar-refractivity contribution in [3.8, 4) is 11.4 Å².